The maximum absolute atomic E-state index is 14.1. The van der Waals surface area contributed by atoms with Crippen LogP contribution in [0.5, 0.6) is 11.6 Å². The molecule has 0 aliphatic rings. The van der Waals surface area contributed by atoms with Crippen LogP contribution in [0.15, 0.2) is 30.3 Å². The first-order valence-corrected chi connectivity index (χ1v) is 10.9. The van der Waals surface area contributed by atoms with Crippen LogP contribution < -0.4 is 9.47 Å². The first kappa shape index (κ1) is 24.2. The molecule has 1 aromatic carbocycles. The molecule has 2 aromatic rings. The summed E-state index contributed by atoms with van der Waals surface area (Å²) >= 11 is 0. The molecule has 1 heterocycles. The van der Waals surface area contributed by atoms with Crippen LogP contribution in [0.25, 0.3) is 0 Å². The van der Waals surface area contributed by atoms with E-state index >= 15 is 0 Å². The third-order valence-corrected chi connectivity index (χ3v) is 4.93. The Morgan fingerprint density at radius 2 is 1.60 bits per heavy atom. The standard InChI is InChI=1S/C26H38FNO2/c1-17(2)30-24-11-10-22(26(7,8)9)23(28-24)12-18(3)16-29-21-14-19(25(4,5)6)13-20(27)15-21/h10-11,13-15,17-18H,12,16H2,1-9H3. The van der Waals surface area contributed by atoms with Crippen molar-refractivity contribution in [2.24, 2.45) is 5.92 Å². The van der Waals surface area contributed by atoms with Crippen molar-refractivity contribution in [2.45, 2.75) is 85.7 Å². The molecular weight excluding hydrogens is 377 g/mol. The lowest BCUT2D eigenvalue weighted by atomic mass is 9.84. The molecular formula is C26H38FNO2. The highest BCUT2D eigenvalue weighted by Gasteiger charge is 2.22. The maximum atomic E-state index is 14.1. The van der Waals surface area contributed by atoms with E-state index in [0.29, 0.717) is 18.2 Å². The van der Waals surface area contributed by atoms with Gasteiger partial charge in [-0.1, -0.05) is 54.5 Å². The largest absolute Gasteiger partial charge is 0.493 e. The molecule has 0 amide bonds. The Bertz CT molecular complexity index is 847. The number of rotatable bonds is 7. The molecule has 30 heavy (non-hydrogen) atoms. The fraction of sp³-hybridized carbons (Fsp3) is 0.577. The van der Waals surface area contributed by atoms with Gasteiger partial charge in [0.25, 0.3) is 0 Å². The fourth-order valence-electron chi connectivity index (χ4n) is 3.33. The Morgan fingerprint density at radius 3 is 2.17 bits per heavy atom. The van der Waals surface area contributed by atoms with Gasteiger partial charge in [-0.15, -0.1) is 0 Å². The molecule has 1 atom stereocenters. The maximum Gasteiger partial charge on any atom is 0.213 e. The third-order valence-electron chi connectivity index (χ3n) is 4.93. The van der Waals surface area contributed by atoms with E-state index < -0.39 is 0 Å². The van der Waals surface area contributed by atoms with Crippen molar-refractivity contribution in [3.8, 4) is 11.6 Å². The van der Waals surface area contributed by atoms with Crippen LogP contribution in [0, 0.1) is 11.7 Å². The number of ether oxygens (including phenoxy) is 2. The summed E-state index contributed by atoms with van der Waals surface area (Å²) in [4.78, 5) is 4.80. The normalized spacial score (nSPS) is 13.4. The van der Waals surface area contributed by atoms with E-state index in [0.717, 1.165) is 17.7 Å². The quantitative estimate of drug-likeness (QED) is 0.495. The van der Waals surface area contributed by atoms with Crippen LogP contribution in [-0.2, 0) is 17.3 Å². The average Bonchev–Trinajstić information content (AvgIpc) is 2.57. The summed E-state index contributed by atoms with van der Waals surface area (Å²) in [5, 5.41) is 0. The highest BCUT2D eigenvalue weighted by molar-refractivity contribution is 5.34. The van der Waals surface area contributed by atoms with Gasteiger partial charge in [0.2, 0.25) is 5.88 Å². The predicted octanol–water partition coefficient (Wildman–Crippen LogP) is 6.86. The first-order valence-electron chi connectivity index (χ1n) is 10.9. The molecule has 0 saturated heterocycles. The molecule has 166 valence electrons. The number of pyridine rings is 1. The van der Waals surface area contributed by atoms with Gasteiger partial charge in [0.15, 0.2) is 0 Å². The molecule has 0 saturated carbocycles. The molecule has 0 bridgehead atoms. The number of aromatic nitrogens is 1. The second kappa shape index (κ2) is 9.36. The van der Waals surface area contributed by atoms with Crippen LogP contribution in [0.3, 0.4) is 0 Å². The van der Waals surface area contributed by atoms with Crippen molar-refractivity contribution >= 4 is 0 Å². The minimum absolute atomic E-state index is 0.0105. The predicted molar refractivity (Wildman–Crippen MR) is 122 cm³/mol. The number of hydrogen-bond donors (Lipinski definition) is 0. The summed E-state index contributed by atoms with van der Waals surface area (Å²) in [5.74, 6) is 1.18. The van der Waals surface area contributed by atoms with Crippen LogP contribution in [0.2, 0.25) is 0 Å². The van der Waals surface area contributed by atoms with Crippen LogP contribution in [0.1, 0.15) is 79.1 Å². The first-order chi connectivity index (χ1) is 13.8. The summed E-state index contributed by atoms with van der Waals surface area (Å²) in [6, 6.07) is 9.04. The monoisotopic (exact) mass is 415 g/mol. The highest BCUT2D eigenvalue weighted by atomic mass is 19.1. The third kappa shape index (κ3) is 7.00. The Labute approximate surface area is 182 Å². The fourth-order valence-corrected chi connectivity index (χ4v) is 3.33. The Hall–Kier alpha value is -2.10. The van der Waals surface area contributed by atoms with Crippen molar-refractivity contribution in [2.75, 3.05) is 6.61 Å². The van der Waals surface area contributed by atoms with Gasteiger partial charge < -0.3 is 9.47 Å². The van der Waals surface area contributed by atoms with Gasteiger partial charge in [-0.2, -0.15) is 0 Å². The van der Waals surface area contributed by atoms with Gasteiger partial charge >= 0.3 is 0 Å². The minimum Gasteiger partial charge on any atom is -0.493 e. The molecule has 3 nitrogen and oxygen atoms in total. The van der Waals surface area contributed by atoms with E-state index in [4.69, 9.17) is 14.5 Å². The number of hydrogen-bond acceptors (Lipinski definition) is 3. The zero-order chi connectivity index (χ0) is 22.7. The molecule has 4 heteroatoms. The van der Waals surface area contributed by atoms with E-state index in [1.54, 1.807) is 6.07 Å². The SMILES string of the molecule is CC(COc1cc(F)cc(C(C)(C)C)c1)Cc1nc(OC(C)C)ccc1C(C)(C)C. The van der Waals surface area contributed by atoms with Crippen molar-refractivity contribution in [1.82, 2.24) is 4.98 Å². The Morgan fingerprint density at radius 1 is 0.933 bits per heavy atom. The zero-order valence-electron chi connectivity index (χ0n) is 20.1. The Balaban J connectivity index is 2.16. The summed E-state index contributed by atoms with van der Waals surface area (Å²) in [5.41, 5.74) is 3.04. The topological polar surface area (TPSA) is 31.4 Å². The smallest absolute Gasteiger partial charge is 0.213 e. The molecule has 0 radical (unpaired) electrons. The molecule has 0 spiro atoms. The van der Waals surface area contributed by atoms with Gasteiger partial charge in [-0.05, 0) is 60.3 Å². The second-order valence-corrected chi connectivity index (χ2v) is 10.6. The Kier molecular flexibility index (Phi) is 7.54. The summed E-state index contributed by atoms with van der Waals surface area (Å²) in [6.07, 6.45) is 0.847. The van der Waals surface area contributed by atoms with E-state index in [9.17, 15) is 4.39 Å². The lowest BCUT2D eigenvalue weighted by Crippen LogP contribution is -2.20. The molecule has 1 unspecified atom stereocenters. The van der Waals surface area contributed by atoms with Crippen LogP contribution in [0.4, 0.5) is 4.39 Å². The molecule has 0 N–H and O–H groups in total. The molecule has 0 aliphatic heterocycles. The van der Waals surface area contributed by atoms with Crippen molar-refractivity contribution in [3.05, 3.63) is 53.0 Å². The van der Waals surface area contributed by atoms with Gasteiger partial charge in [-0.25, -0.2) is 9.37 Å². The molecule has 0 fully saturated rings. The lowest BCUT2D eigenvalue weighted by molar-refractivity contribution is 0.230. The van der Waals surface area contributed by atoms with Crippen LogP contribution in [-0.4, -0.2) is 17.7 Å². The van der Waals surface area contributed by atoms with E-state index in [1.807, 2.05) is 26.0 Å². The molecule has 2 rings (SSSR count). The number of halogens is 1. The van der Waals surface area contributed by atoms with Gasteiger partial charge in [-0.3, -0.25) is 0 Å². The van der Waals surface area contributed by atoms with E-state index in [2.05, 4.69) is 54.5 Å². The second-order valence-electron chi connectivity index (χ2n) is 10.6. The van der Waals surface area contributed by atoms with Gasteiger partial charge in [0, 0.05) is 17.8 Å². The minimum atomic E-state index is -0.264. The van der Waals surface area contributed by atoms with Gasteiger partial charge in [0.05, 0.1) is 12.7 Å². The molecule has 0 aliphatic carbocycles. The summed E-state index contributed by atoms with van der Waals surface area (Å²) < 4.78 is 25.8. The average molecular weight is 416 g/mol. The summed E-state index contributed by atoms with van der Waals surface area (Å²) in [7, 11) is 0. The van der Waals surface area contributed by atoms with Crippen molar-refractivity contribution in [1.29, 1.82) is 0 Å². The zero-order valence-corrected chi connectivity index (χ0v) is 20.1. The number of nitrogens with zero attached hydrogens (tertiary/aromatic N) is 1. The van der Waals surface area contributed by atoms with E-state index in [-0.39, 0.29) is 28.7 Å². The van der Waals surface area contributed by atoms with Gasteiger partial charge in [0.1, 0.15) is 11.6 Å². The van der Waals surface area contributed by atoms with Crippen molar-refractivity contribution < 1.29 is 13.9 Å². The van der Waals surface area contributed by atoms with Crippen molar-refractivity contribution in [3.63, 3.8) is 0 Å². The van der Waals surface area contributed by atoms with E-state index in [1.165, 1.54) is 11.6 Å². The summed E-state index contributed by atoms with van der Waals surface area (Å²) in [6.45, 7) is 19.4. The lowest BCUT2D eigenvalue weighted by Gasteiger charge is -2.25. The number of benzene rings is 1. The highest BCUT2D eigenvalue weighted by Crippen LogP contribution is 2.30. The molecule has 1 aromatic heterocycles. The van der Waals surface area contributed by atoms with Crippen LogP contribution >= 0.6 is 0 Å².